The average Bonchev–Trinajstić information content (AvgIpc) is 3.02. The van der Waals surface area contributed by atoms with Gasteiger partial charge in [0.2, 0.25) is 5.91 Å². The third-order valence-electron chi connectivity index (χ3n) is 4.59. The molecule has 1 saturated carbocycles. The van der Waals surface area contributed by atoms with Crippen LogP contribution in [-0.2, 0) is 4.79 Å². The van der Waals surface area contributed by atoms with Gasteiger partial charge in [-0.15, -0.1) is 12.4 Å². The standard InChI is InChI=1S/C13H23N3O.ClH/c1-9(13(17)15-12-2-3-12)16-5-4-10-6-14-7-11(10)8-16;/h9-12,14H,2-8H2,1H3,(H,15,17);1H. The van der Waals surface area contributed by atoms with Crippen molar-refractivity contribution in [2.24, 2.45) is 11.8 Å². The Bertz CT molecular complexity index is 309. The highest BCUT2D eigenvalue weighted by molar-refractivity contribution is 5.85. The van der Waals surface area contributed by atoms with Gasteiger partial charge in [-0.05, 0) is 57.7 Å². The van der Waals surface area contributed by atoms with Crippen LogP contribution in [0.3, 0.4) is 0 Å². The maximum atomic E-state index is 12.0. The van der Waals surface area contributed by atoms with Crippen LogP contribution in [0.1, 0.15) is 26.2 Å². The number of fused-ring (bicyclic) bond motifs is 1. The molecule has 4 nitrogen and oxygen atoms in total. The van der Waals surface area contributed by atoms with E-state index in [9.17, 15) is 4.79 Å². The van der Waals surface area contributed by atoms with Crippen molar-refractivity contribution in [1.29, 1.82) is 0 Å². The van der Waals surface area contributed by atoms with E-state index < -0.39 is 0 Å². The number of carbonyl (C=O) groups is 1. The molecule has 3 aliphatic rings. The largest absolute Gasteiger partial charge is 0.352 e. The van der Waals surface area contributed by atoms with Crippen LogP contribution in [0.25, 0.3) is 0 Å². The predicted octanol–water partition coefficient (Wildman–Crippen LogP) is 0.617. The lowest BCUT2D eigenvalue weighted by Gasteiger charge is -2.37. The Morgan fingerprint density at radius 3 is 2.72 bits per heavy atom. The number of hydrogen-bond acceptors (Lipinski definition) is 3. The molecule has 18 heavy (non-hydrogen) atoms. The maximum Gasteiger partial charge on any atom is 0.237 e. The first-order valence-electron chi connectivity index (χ1n) is 6.99. The first-order chi connectivity index (χ1) is 8.24. The van der Waals surface area contributed by atoms with Crippen LogP contribution in [-0.4, -0.2) is 49.1 Å². The molecule has 0 bridgehead atoms. The molecule has 2 heterocycles. The van der Waals surface area contributed by atoms with Crippen LogP contribution in [0.5, 0.6) is 0 Å². The van der Waals surface area contributed by atoms with E-state index in [1.165, 1.54) is 25.8 Å². The van der Waals surface area contributed by atoms with Gasteiger partial charge in [-0.2, -0.15) is 0 Å². The lowest BCUT2D eigenvalue weighted by Crippen LogP contribution is -2.51. The number of nitrogens with zero attached hydrogens (tertiary/aromatic N) is 1. The molecule has 0 aromatic rings. The van der Waals surface area contributed by atoms with Crippen LogP contribution in [0.2, 0.25) is 0 Å². The van der Waals surface area contributed by atoms with Crippen LogP contribution in [0, 0.1) is 11.8 Å². The van der Waals surface area contributed by atoms with E-state index in [-0.39, 0.29) is 24.4 Å². The summed E-state index contributed by atoms with van der Waals surface area (Å²) in [6.45, 7) is 6.55. The molecule has 0 spiro atoms. The molecule has 0 radical (unpaired) electrons. The van der Waals surface area contributed by atoms with E-state index in [0.717, 1.165) is 31.5 Å². The monoisotopic (exact) mass is 273 g/mol. The van der Waals surface area contributed by atoms with Crippen molar-refractivity contribution in [2.75, 3.05) is 26.2 Å². The highest BCUT2D eigenvalue weighted by Gasteiger charge is 2.36. The average molecular weight is 274 g/mol. The van der Waals surface area contributed by atoms with Crippen LogP contribution in [0.4, 0.5) is 0 Å². The zero-order chi connectivity index (χ0) is 11.8. The van der Waals surface area contributed by atoms with Crippen molar-refractivity contribution in [3.05, 3.63) is 0 Å². The minimum absolute atomic E-state index is 0. The van der Waals surface area contributed by atoms with Gasteiger partial charge >= 0.3 is 0 Å². The highest BCUT2D eigenvalue weighted by atomic mass is 35.5. The molecule has 1 aliphatic carbocycles. The molecule has 3 rings (SSSR count). The zero-order valence-corrected chi connectivity index (χ0v) is 11.8. The van der Waals surface area contributed by atoms with Crippen molar-refractivity contribution in [3.8, 4) is 0 Å². The second kappa shape index (κ2) is 5.76. The molecule has 5 heteroatoms. The second-order valence-electron chi connectivity index (χ2n) is 5.92. The van der Waals surface area contributed by atoms with Gasteiger partial charge in [-0.25, -0.2) is 0 Å². The molecule has 3 fully saturated rings. The van der Waals surface area contributed by atoms with Crippen molar-refractivity contribution < 1.29 is 4.79 Å². The van der Waals surface area contributed by atoms with Crippen LogP contribution < -0.4 is 10.6 Å². The van der Waals surface area contributed by atoms with Crippen LogP contribution >= 0.6 is 12.4 Å². The normalized spacial score (nSPS) is 33.4. The molecular formula is C13H24ClN3O. The predicted molar refractivity (Wildman–Crippen MR) is 73.9 cm³/mol. The van der Waals surface area contributed by atoms with Crippen molar-refractivity contribution in [3.63, 3.8) is 0 Å². The smallest absolute Gasteiger partial charge is 0.237 e. The molecule has 1 amide bonds. The molecule has 3 unspecified atom stereocenters. The Morgan fingerprint density at radius 1 is 1.28 bits per heavy atom. The van der Waals surface area contributed by atoms with Gasteiger partial charge in [-0.3, -0.25) is 9.69 Å². The van der Waals surface area contributed by atoms with Gasteiger partial charge < -0.3 is 10.6 Å². The fraction of sp³-hybridized carbons (Fsp3) is 0.923. The lowest BCUT2D eigenvalue weighted by molar-refractivity contribution is -0.126. The van der Waals surface area contributed by atoms with Crippen molar-refractivity contribution in [2.45, 2.75) is 38.3 Å². The summed E-state index contributed by atoms with van der Waals surface area (Å²) in [7, 11) is 0. The first kappa shape index (κ1) is 14.1. The highest BCUT2D eigenvalue weighted by Crippen LogP contribution is 2.27. The van der Waals surface area contributed by atoms with E-state index in [4.69, 9.17) is 0 Å². The number of nitrogens with one attached hydrogen (secondary N) is 2. The molecule has 0 aromatic heterocycles. The Hall–Kier alpha value is -0.320. The number of hydrogen-bond donors (Lipinski definition) is 2. The number of halogens is 1. The summed E-state index contributed by atoms with van der Waals surface area (Å²) in [6, 6.07) is 0.535. The quantitative estimate of drug-likeness (QED) is 0.792. The summed E-state index contributed by atoms with van der Waals surface area (Å²) in [4.78, 5) is 14.4. The minimum Gasteiger partial charge on any atom is -0.352 e. The van der Waals surface area contributed by atoms with Gasteiger partial charge in [0.1, 0.15) is 0 Å². The molecule has 104 valence electrons. The zero-order valence-electron chi connectivity index (χ0n) is 11.0. The van der Waals surface area contributed by atoms with E-state index in [2.05, 4.69) is 22.5 Å². The Morgan fingerprint density at radius 2 is 2.00 bits per heavy atom. The molecular weight excluding hydrogens is 250 g/mol. The summed E-state index contributed by atoms with van der Waals surface area (Å²) in [5, 5.41) is 6.58. The molecule has 2 N–H and O–H groups in total. The van der Waals surface area contributed by atoms with E-state index in [1.54, 1.807) is 0 Å². The van der Waals surface area contributed by atoms with E-state index in [1.807, 2.05) is 0 Å². The minimum atomic E-state index is 0. The number of amides is 1. The topological polar surface area (TPSA) is 44.4 Å². The maximum absolute atomic E-state index is 12.0. The Kier molecular flexibility index (Phi) is 4.51. The third-order valence-corrected chi connectivity index (χ3v) is 4.59. The summed E-state index contributed by atoms with van der Waals surface area (Å²) in [6.07, 6.45) is 3.60. The molecule has 0 aromatic carbocycles. The number of likely N-dealkylation sites (tertiary alicyclic amines) is 1. The third kappa shape index (κ3) is 2.98. The van der Waals surface area contributed by atoms with Gasteiger partial charge in [0, 0.05) is 12.6 Å². The molecule has 2 saturated heterocycles. The van der Waals surface area contributed by atoms with Gasteiger partial charge in [0.15, 0.2) is 0 Å². The summed E-state index contributed by atoms with van der Waals surface area (Å²) >= 11 is 0. The summed E-state index contributed by atoms with van der Waals surface area (Å²) < 4.78 is 0. The van der Waals surface area contributed by atoms with Crippen LogP contribution in [0.15, 0.2) is 0 Å². The number of carbonyl (C=O) groups excluding carboxylic acids is 1. The Labute approximate surface area is 115 Å². The SMILES string of the molecule is CC(C(=O)NC1CC1)N1CCC2CNCC2C1.Cl. The number of piperidine rings is 1. The van der Waals surface area contributed by atoms with Gasteiger partial charge in [0.05, 0.1) is 6.04 Å². The van der Waals surface area contributed by atoms with E-state index in [0.29, 0.717) is 6.04 Å². The fourth-order valence-corrected chi connectivity index (χ4v) is 3.13. The van der Waals surface area contributed by atoms with Crippen molar-refractivity contribution in [1.82, 2.24) is 15.5 Å². The summed E-state index contributed by atoms with van der Waals surface area (Å²) in [5.74, 6) is 1.85. The first-order valence-corrected chi connectivity index (χ1v) is 6.99. The second-order valence-corrected chi connectivity index (χ2v) is 5.92. The van der Waals surface area contributed by atoms with Gasteiger partial charge in [0.25, 0.3) is 0 Å². The fourth-order valence-electron chi connectivity index (χ4n) is 3.13. The summed E-state index contributed by atoms with van der Waals surface area (Å²) in [5.41, 5.74) is 0. The molecule has 2 aliphatic heterocycles. The van der Waals surface area contributed by atoms with E-state index >= 15 is 0 Å². The lowest BCUT2D eigenvalue weighted by atomic mass is 9.88. The number of rotatable bonds is 3. The molecule has 3 atom stereocenters. The van der Waals surface area contributed by atoms with Gasteiger partial charge in [-0.1, -0.05) is 0 Å². The van der Waals surface area contributed by atoms with Crippen molar-refractivity contribution >= 4 is 18.3 Å². The Balaban J connectivity index is 0.00000120.